The van der Waals surface area contributed by atoms with Crippen molar-refractivity contribution in [3.8, 4) is 5.75 Å². The van der Waals surface area contributed by atoms with E-state index in [0.29, 0.717) is 42.8 Å². The van der Waals surface area contributed by atoms with Crippen LogP contribution in [-0.2, 0) is 31.3 Å². The Morgan fingerprint density at radius 2 is 2.00 bits per heavy atom. The minimum Gasteiger partial charge on any atom is -0.490 e. The molecule has 0 unspecified atom stereocenters. The maximum Gasteiger partial charge on any atom is 0.264 e. The van der Waals surface area contributed by atoms with Crippen molar-refractivity contribution in [2.45, 2.75) is 55.3 Å². The number of nitrogens with one attached hydrogen (secondary N) is 1. The number of anilines is 1. The number of fused-ring (bicyclic) bond motifs is 5. The first-order valence-electron chi connectivity index (χ1n) is 15.4. The van der Waals surface area contributed by atoms with Crippen LogP contribution < -0.4 is 14.4 Å². The number of carbonyl (C=O) groups is 1. The summed E-state index contributed by atoms with van der Waals surface area (Å²) in [4.78, 5) is 15.8. The molecule has 230 valence electrons. The molecule has 1 N–H and O–H groups in total. The van der Waals surface area contributed by atoms with Gasteiger partial charge in [0.1, 0.15) is 11.0 Å². The number of ether oxygens (including phenoxy) is 3. The van der Waals surface area contributed by atoms with Gasteiger partial charge in [-0.2, -0.15) is 0 Å². The van der Waals surface area contributed by atoms with Crippen LogP contribution in [0.1, 0.15) is 53.6 Å². The summed E-state index contributed by atoms with van der Waals surface area (Å²) in [5.41, 5.74) is 3.44. The molecule has 0 radical (unpaired) electrons. The van der Waals surface area contributed by atoms with E-state index in [-0.39, 0.29) is 24.0 Å². The number of hydrogen-bond donors (Lipinski definition) is 1. The molecule has 0 aromatic heterocycles. The van der Waals surface area contributed by atoms with E-state index < -0.39 is 21.2 Å². The highest BCUT2D eigenvalue weighted by Crippen LogP contribution is 2.47. The molecule has 2 fully saturated rings. The molecule has 8 nitrogen and oxygen atoms in total. The van der Waals surface area contributed by atoms with E-state index in [4.69, 9.17) is 25.8 Å². The van der Waals surface area contributed by atoms with Gasteiger partial charge >= 0.3 is 0 Å². The van der Waals surface area contributed by atoms with Crippen molar-refractivity contribution in [2.75, 3.05) is 44.9 Å². The monoisotopic (exact) mass is 626 g/mol. The first-order chi connectivity index (χ1) is 20.8. The summed E-state index contributed by atoms with van der Waals surface area (Å²) in [6.45, 7) is 2.46. The number of sulfonamides is 1. The molecule has 2 aromatic rings. The standard InChI is InChI=1S/C33H39ClN2O6S/c1-40-29-6-2-4-24-17-41-18-31(24)43(38,39)35-32(37)22-8-12-30-28(15-22)36(16-23-7-10-26(23)29)19-33(20-42-30)13-3-5-21-14-25(34)9-11-27(21)33/h2,6,8-9,11-12,14-15,23-24,26,29,31H,3-5,7,10,13,16-20H2,1H3,(H,35,37)/b6-2+/t23-,24+,26+,29-,31+,33-/m0/s1. The molecule has 2 bridgehead atoms. The molecule has 6 atom stereocenters. The molecule has 1 spiro atoms. The fraction of sp³-hybridized carbons (Fsp3) is 0.545. The lowest BCUT2D eigenvalue weighted by Gasteiger charge is -2.46. The molecule has 10 heteroatoms. The van der Waals surface area contributed by atoms with Crippen LogP contribution in [0.4, 0.5) is 5.69 Å². The summed E-state index contributed by atoms with van der Waals surface area (Å²) in [7, 11) is -2.20. The van der Waals surface area contributed by atoms with Gasteiger partial charge < -0.3 is 19.1 Å². The molecule has 5 aliphatic rings. The molecule has 3 heterocycles. The van der Waals surface area contributed by atoms with Crippen LogP contribution in [0.25, 0.3) is 0 Å². The first-order valence-corrected chi connectivity index (χ1v) is 17.3. The molecule has 7 rings (SSSR count). The Kier molecular flexibility index (Phi) is 7.73. The average Bonchev–Trinajstić information content (AvgIpc) is 3.40. The summed E-state index contributed by atoms with van der Waals surface area (Å²) in [6, 6.07) is 11.5. The molecule has 1 amide bonds. The van der Waals surface area contributed by atoms with E-state index in [1.54, 1.807) is 19.2 Å². The average molecular weight is 627 g/mol. The van der Waals surface area contributed by atoms with Crippen molar-refractivity contribution in [1.29, 1.82) is 0 Å². The Balaban J connectivity index is 1.30. The number of allylic oxidation sites excluding steroid dienone is 1. The lowest BCUT2D eigenvalue weighted by Crippen LogP contribution is -2.49. The van der Waals surface area contributed by atoms with Gasteiger partial charge in [0.2, 0.25) is 10.0 Å². The summed E-state index contributed by atoms with van der Waals surface area (Å²) >= 11 is 6.41. The number of aryl methyl sites for hydroxylation is 1. The zero-order valence-corrected chi connectivity index (χ0v) is 26.0. The second-order valence-electron chi connectivity index (χ2n) is 13.0. The van der Waals surface area contributed by atoms with E-state index in [9.17, 15) is 13.2 Å². The Hall–Kier alpha value is -2.59. The van der Waals surface area contributed by atoms with Crippen molar-refractivity contribution in [2.24, 2.45) is 17.8 Å². The van der Waals surface area contributed by atoms with Crippen LogP contribution in [0.5, 0.6) is 5.75 Å². The summed E-state index contributed by atoms with van der Waals surface area (Å²) < 4.78 is 47.3. The number of rotatable bonds is 1. The molecule has 3 aliphatic heterocycles. The van der Waals surface area contributed by atoms with E-state index in [2.05, 4.69) is 27.8 Å². The minimum atomic E-state index is -3.96. The topological polar surface area (TPSA) is 94.2 Å². The van der Waals surface area contributed by atoms with Crippen LogP contribution >= 0.6 is 11.6 Å². The maximum absolute atomic E-state index is 13.5. The lowest BCUT2D eigenvalue weighted by atomic mass is 9.68. The number of hydrogen-bond acceptors (Lipinski definition) is 7. The van der Waals surface area contributed by atoms with Gasteiger partial charge in [-0.15, -0.1) is 0 Å². The Bertz CT molecular complexity index is 1550. The van der Waals surface area contributed by atoms with Crippen LogP contribution in [0.15, 0.2) is 48.6 Å². The van der Waals surface area contributed by atoms with Gasteiger partial charge in [0.15, 0.2) is 0 Å². The fourth-order valence-corrected chi connectivity index (χ4v) is 9.68. The molecular formula is C33H39ClN2O6S. The van der Waals surface area contributed by atoms with E-state index in [1.165, 1.54) is 11.1 Å². The number of methoxy groups -OCH3 is 1. The third-order valence-electron chi connectivity index (χ3n) is 10.5. The Morgan fingerprint density at radius 1 is 1.12 bits per heavy atom. The van der Waals surface area contributed by atoms with Crippen molar-refractivity contribution >= 4 is 33.2 Å². The smallest absolute Gasteiger partial charge is 0.264 e. The Morgan fingerprint density at radius 3 is 2.81 bits per heavy atom. The van der Waals surface area contributed by atoms with Gasteiger partial charge in [-0.3, -0.25) is 4.79 Å². The second-order valence-corrected chi connectivity index (χ2v) is 15.3. The summed E-state index contributed by atoms with van der Waals surface area (Å²) in [5.74, 6) is 0.597. The number of nitrogens with zero attached hydrogens (tertiary/aromatic N) is 1. The number of halogens is 1. The normalized spacial score (nSPS) is 34.0. The summed E-state index contributed by atoms with van der Waals surface area (Å²) in [5, 5.41) is -0.0532. The molecule has 2 aliphatic carbocycles. The zero-order valence-electron chi connectivity index (χ0n) is 24.5. The van der Waals surface area contributed by atoms with Crippen LogP contribution in [-0.4, -0.2) is 65.7 Å². The second kappa shape index (κ2) is 11.4. The van der Waals surface area contributed by atoms with Gasteiger partial charge in [0, 0.05) is 42.1 Å². The van der Waals surface area contributed by atoms with Crippen molar-refractivity contribution in [1.82, 2.24) is 4.72 Å². The minimum absolute atomic E-state index is 0.0516. The predicted molar refractivity (Wildman–Crippen MR) is 165 cm³/mol. The van der Waals surface area contributed by atoms with Gasteiger partial charge in [-0.1, -0.05) is 29.8 Å². The van der Waals surface area contributed by atoms with Gasteiger partial charge in [-0.05, 0) is 91.8 Å². The van der Waals surface area contributed by atoms with E-state index in [1.807, 2.05) is 18.2 Å². The number of amides is 1. The molecule has 1 saturated carbocycles. The predicted octanol–water partition coefficient (Wildman–Crippen LogP) is 4.89. The Labute approximate surface area is 258 Å². The highest BCUT2D eigenvalue weighted by Gasteiger charge is 2.45. The molecule has 1 saturated heterocycles. The quantitative estimate of drug-likeness (QED) is 0.451. The largest absolute Gasteiger partial charge is 0.490 e. The van der Waals surface area contributed by atoms with Gasteiger partial charge in [-0.25, -0.2) is 13.1 Å². The highest BCUT2D eigenvalue weighted by atomic mass is 35.5. The van der Waals surface area contributed by atoms with Crippen LogP contribution in [0, 0.1) is 17.8 Å². The van der Waals surface area contributed by atoms with Gasteiger partial charge in [0.25, 0.3) is 5.91 Å². The van der Waals surface area contributed by atoms with Crippen LogP contribution in [0.2, 0.25) is 5.02 Å². The number of benzene rings is 2. The summed E-state index contributed by atoms with van der Waals surface area (Å²) in [6.07, 6.45) is 9.82. The van der Waals surface area contributed by atoms with Gasteiger partial charge in [0.05, 0.1) is 31.6 Å². The number of carbonyl (C=O) groups excluding carboxylic acids is 1. The molecule has 43 heavy (non-hydrogen) atoms. The first kappa shape index (κ1) is 29.1. The third kappa shape index (κ3) is 5.36. The van der Waals surface area contributed by atoms with Crippen LogP contribution in [0.3, 0.4) is 0 Å². The van der Waals surface area contributed by atoms with E-state index >= 15 is 0 Å². The van der Waals surface area contributed by atoms with Crippen molar-refractivity contribution in [3.63, 3.8) is 0 Å². The molecular weight excluding hydrogens is 588 g/mol. The van der Waals surface area contributed by atoms with Crippen molar-refractivity contribution in [3.05, 3.63) is 70.3 Å². The maximum atomic E-state index is 13.5. The molecule has 2 aromatic carbocycles. The zero-order chi connectivity index (χ0) is 29.8. The van der Waals surface area contributed by atoms with Crippen molar-refractivity contribution < 1.29 is 27.4 Å². The van der Waals surface area contributed by atoms with E-state index in [0.717, 1.165) is 55.9 Å². The highest BCUT2D eigenvalue weighted by molar-refractivity contribution is 7.90. The fourth-order valence-electron chi connectivity index (χ4n) is 7.98. The SMILES string of the molecule is CO[C@H]1/C=C/C[C@@H]2COC[C@H]2S(=O)(=O)NC(=O)c2ccc3c(c2)N(C[C@@H]2CC[C@H]21)C[C@@]1(CCCc2cc(Cl)ccc21)CO3. The lowest BCUT2D eigenvalue weighted by molar-refractivity contribution is 0.0131. The third-order valence-corrected chi connectivity index (χ3v) is 12.5.